The van der Waals surface area contributed by atoms with Gasteiger partial charge in [0, 0.05) is 30.3 Å². The summed E-state index contributed by atoms with van der Waals surface area (Å²) in [7, 11) is 0. The molecule has 1 fully saturated rings. The molecule has 130 valence electrons. The molecule has 1 aliphatic rings. The van der Waals surface area contributed by atoms with E-state index in [0.717, 1.165) is 24.4 Å². The second-order valence-corrected chi connectivity index (χ2v) is 6.41. The molecule has 3 heterocycles. The zero-order chi connectivity index (χ0) is 16.9. The zero-order valence-corrected chi connectivity index (χ0v) is 14.4. The lowest BCUT2D eigenvalue weighted by molar-refractivity contribution is 0.0395. The van der Waals surface area contributed by atoms with Crippen LogP contribution in [0.2, 0.25) is 0 Å². The summed E-state index contributed by atoms with van der Waals surface area (Å²) in [6, 6.07) is 3.91. The quantitative estimate of drug-likeness (QED) is 0.834. The molecule has 0 bridgehead atoms. The van der Waals surface area contributed by atoms with E-state index < -0.39 is 0 Å². The van der Waals surface area contributed by atoms with E-state index >= 15 is 0 Å². The van der Waals surface area contributed by atoms with Crippen molar-refractivity contribution in [3.63, 3.8) is 0 Å². The highest BCUT2D eigenvalue weighted by Gasteiger charge is 2.17. The molecule has 3 rings (SSSR count). The van der Waals surface area contributed by atoms with E-state index in [1.807, 2.05) is 26.0 Å². The van der Waals surface area contributed by atoms with Crippen LogP contribution in [0.1, 0.15) is 38.9 Å². The molecule has 0 aromatic carbocycles. The van der Waals surface area contributed by atoms with E-state index in [1.165, 1.54) is 0 Å². The Balaban J connectivity index is 1.59. The highest BCUT2D eigenvalue weighted by molar-refractivity contribution is 5.58. The molecule has 2 atom stereocenters. The van der Waals surface area contributed by atoms with E-state index in [1.54, 1.807) is 6.20 Å². The molecule has 2 unspecified atom stereocenters. The Hall–Kier alpha value is -1.99. The van der Waals surface area contributed by atoms with Gasteiger partial charge in [0.2, 0.25) is 0 Å². The third-order valence-corrected chi connectivity index (χ3v) is 3.83. The maximum atomic E-state index is 5.83. The minimum atomic E-state index is 0.141. The van der Waals surface area contributed by atoms with E-state index in [-0.39, 0.29) is 18.1 Å². The molecule has 0 saturated carbocycles. The van der Waals surface area contributed by atoms with E-state index in [2.05, 4.69) is 27.4 Å². The first-order valence-corrected chi connectivity index (χ1v) is 8.37. The van der Waals surface area contributed by atoms with Crippen LogP contribution in [-0.2, 0) is 9.47 Å². The lowest BCUT2D eigenvalue weighted by atomic mass is 10.2. The summed E-state index contributed by atoms with van der Waals surface area (Å²) in [6.07, 6.45) is 2.91. The predicted octanol–water partition coefficient (Wildman–Crippen LogP) is 2.86. The Morgan fingerprint density at radius 2 is 2.25 bits per heavy atom. The van der Waals surface area contributed by atoms with Crippen molar-refractivity contribution in [2.45, 2.75) is 45.3 Å². The van der Waals surface area contributed by atoms with Gasteiger partial charge in [-0.3, -0.25) is 0 Å². The van der Waals surface area contributed by atoms with Crippen molar-refractivity contribution in [2.24, 2.45) is 0 Å². The molecule has 2 aromatic heterocycles. The van der Waals surface area contributed by atoms with Gasteiger partial charge in [-0.25, -0.2) is 4.98 Å². The summed E-state index contributed by atoms with van der Waals surface area (Å²) in [4.78, 5) is 8.76. The minimum absolute atomic E-state index is 0.141. The summed E-state index contributed by atoms with van der Waals surface area (Å²) in [5.41, 5.74) is 0.851. The first-order chi connectivity index (χ1) is 11.6. The van der Waals surface area contributed by atoms with Crippen molar-refractivity contribution in [3.8, 4) is 11.5 Å². The maximum absolute atomic E-state index is 5.83. The number of nitrogens with zero attached hydrogens (tertiary/aromatic N) is 3. The molecular weight excluding hydrogens is 308 g/mol. The van der Waals surface area contributed by atoms with Crippen molar-refractivity contribution in [1.82, 2.24) is 15.1 Å². The van der Waals surface area contributed by atoms with Crippen molar-refractivity contribution in [1.29, 1.82) is 0 Å². The Morgan fingerprint density at radius 3 is 2.96 bits per heavy atom. The van der Waals surface area contributed by atoms with Crippen LogP contribution in [-0.4, -0.2) is 47.1 Å². The molecule has 0 amide bonds. The summed E-state index contributed by atoms with van der Waals surface area (Å²) in [5, 5.41) is 7.34. The minimum Gasteiger partial charge on any atom is -0.379 e. The number of hydrogen-bond acceptors (Lipinski definition) is 7. The number of aromatic nitrogens is 3. The number of nitrogens with one attached hydrogen (secondary N) is 1. The smallest absolute Gasteiger partial charge is 0.258 e. The molecular formula is C17H24N4O3. The molecule has 0 spiro atoms. The standard InChI is InChI=1S/C17H24N4O3/c1-11(2)16-20-17(24-21-16)13-4-6-18-15(8-13)19-12(3)9-23-14-5-7-22-10-14/h4,6,8,11-12,14H,5,7,9-10H2,1-3H3,(H,18,19). The lowest BCUT2D eigenvalue weighted by Gasteiger charge is -2.17. The number of ether oxygens (including phenoxy) is 2. The molecule has 1 aliphatic heterocycles. The van der Waals surface area contributed by atoms with Crippen molar-refractivity contribution >= 4 is 5.82 Å². The van der Waals surface area contributed by atoms with Crippen LogP contribution in [0.4, 0.5) is 5.82 Å². The molecule has 1 saturated heterocycles. The normalized spacial score (nSPS) is 18.9. The number of rotatable bonds is 7. The van der Waals surface area contributed by atoms with Crippen LogP contribution in [0.3, 0.4) is 0 Å². The predicted molar refractivity (Wildman–Crippen MR) is 89.9 cm³/mol. The Morgan fingerprint density at radius 1 is 1.38 bits per heavy atom. The SMILES string of the molecule is CC(COC1CCOC1)Nc1cc(-c2nc(C(C)C)no2)ccn1. The van der Waals surface area contributed by atoms with Gasteiger partial charge in [0.05, 0.1) is 19.3 Å². The second kappa shape index (κ2) is 7.72. The largest absolute Gasteiger partial charge is 0.379 e. The fraction of sp³-hybridized carbons (Fsp3) is 0.588. The first kappa shape index (κ1) is 16.9. The molecule has 0 aliphatic carbocycles. The van der Waals surface area contributed by atoms with Gasteiger partial charge in [0.25, 0.3) is 5.89 Å². The molecule has 0 radical (unpaired) electrons. The fourth-order valence-corrected chi connectivity index (χ4v) is 2.45. The molecule has 24 heavy (non-hydrogen) atoms. The van der Waals surface area contributed by atoms with Gasteiger partial charge in [0.15, 0.2) is 5.82 Å². The summed E-state index contributed by atoms with van der Waals surface area (Å²) >= 11 is 0. The Bertz CT molecular complexity index is 653. The molecule has 7 nitrogen and oxygen atoms in total. The van der Waals surface area contributed by atoms with Crippen LogP contribution in [0, 0.1) is 0 Å². The third kappa shape index (κ3) is 4.30. The highest BCUT2D eigenvalue weighted by Crippen LogP contribution is 2.22. The van der Waals surface area contributed by atoms with Crippen LogP contribution in [0.5, 0.6) is 0 Å². The monoisotopic (exact) mass is 332 g/mol. The van der Waals surface area contributed by atoms with Gasteiger partial charge >= 0.3 is 0 Å². The molecule has 2 aromatic rings. The lowest BCUT2D eigenvalue weighted by Crippen LogP contribution is -2.26. The van der Waals surface area contributed by atoms with Crippen molar-refractivity contribution in [2.75, 3.05) is 25.1 Å². The second-order valence-electron chi connectivity index (χ2n) is 6.41. The van der Waals surface area contributed by atoms with E-state index in [4.69, 9.17) is 14.0 Å². The Kier molecular flexibility index (Phi) is 5.42. The molecule has 7 heteroatoms. The maximum Gasteiger partial charge on any atom is 0.258 e. The van der Waals surface area contributed by atoms with Crippen molar-refractivity contribution < 1.29 is 14.0 Å². The topological polar surface area (TPSA) is 82.3 Å². The number of anilines is 1. The van der Waals surface area contributed by atoms with Crippen LogP contribution < -0.4 is 5.32 Å². The van der Waals surface area contributed by atoms with Crippen molar-refractivity contribution in [3.05, 3.63) is 24.2 Å². The van der Waals surface area contributed by atoms with Gasteiger partial charge < -0.3 is 19.3 Å². The van der Waals surface area contributed by atoms with Gasteiger partial charge in [-0.1, -0.05) is 19.0 Å². The number of hydrogen-bond donors (Lipinski definition) is 1. The average molecular weight is 332 g/mol. The summed E-state index contributed by atoms with van der Waals surface area (Å²) in [6.45, 7) is 8.22. The summed E-state index contributed by atoms with van der Waals surface area (Å²) < 4.78 is 16.5. The van der Waals surface area contributed by atoms with Gasteiger partial charge in [-0.2, -0.15) is 4.98 Å². The Labute approximate surface area is 141 Å². The van der Waals surface area contributed by atoms with Crippen LogP contribution in [0.15, 0.2) is 22.9 Å². The van der Waals surface area contributed by atoms with E-state index in [9.17, 15) is 0 Å². The van der Waals surface area contributed by atoms with Gasteiger partial charge in [0.1, 0.15) is 5.82 Å². The number of pyridine rings is 1. The third-order valence-electron chi connectivity index (χ3n) is 3.83. The highest BCUT2D eigenvalue weighted by atomic mass is 16.5. The van der Waals surface area contributed by atoms with Crippen LogP contribution >= 0.6 is 0 Å². The molecule has 1 N–H and O–H groups in total. The zero-order valence-electron chi connectivity index (χ0n) is 14.4. The van der Waals surface area contributed by atoms with Gasteiger partial charge in [-0.05, 0) is 25.5 Å². The average Bonchev–Trinajstić information content (AvgIpc) is 3.25. The summed E-state index contributed by atoms with van der Waals surface area (Å²) in [5.74, 6) is 2.21. The fourth-order valence-electron chi connectivity index (χ4n) is 2.45. The first-order valence-electron chi connectivity index (χ1n) is 8.37. The van der Waals surface area contributed by atoms with Crippen LogP contribution in [0.25, 0.3) is 11.5 Å². The van der Waals surface area contributed by atoms with Gasteiger partial charge in [-0.15, -0.1) is 0 Å². The van der Waals surface area contributed by atoms with E-state index in [0.29, 0.717) is 24.9 Å².